The number of hydrogen-bond acceptors (Lipinski definition) is 4. The van der Waals surface area contributed by atoms with Crippen molar-refractivity contribution in [2.24, 2.45) is 0 Å². The van der Waals surface area contributed by atoms with Crippen LogP contribution in [0.3, 0.4) is 0 Å². The number of hydrogen-bond donors (Lipinski definition) is 2. The quantitative estimate of drug-likeness (QED) is 0.884. The molecule has 126 valence electrons. The van der Waals surface area contributed by atoms with Gasteiger partial charge in [0.15, 0.2) is 9.84 Å². The highest BCUT2D eigenvalue weighted by Crippen LogP contribution is 2.36. The maximum absolute atomic E-state index is 14.2. The number of sulfone groups is 1. The third-order valence-electron chi connectivity index (χ3n) is 4.23. The first-order valence-electron chi connectivity index (χ1n) is 7.43. The lowest BCUT2D eigenvalue weighted by atomic mass is 10.0. The van der Waals surface area contributed by atoms with Crippen LogP contribution in [0.2, 0.25) is 0 Å². The smallest absolute Gasteiger partial charge is 0.320 e. The summed E-state index contributed by atoms with van der Waals surface area (Å²) in [5, 5.41) is 10.9. The van der Waals surface area contributed by atoms with Crippen molar-refractivity contribution < 1.29 is 22.7 Å². The fourth-order valence-electron chi connectivity index (χ4n) is 3.04. The van der Waals surface area contributed by atoms with Crippen LogP contribution in [-0.2, 0) is 14.6 Å². The van der Waals surface area contributed by atoms with Crippen LogP contribution in [0, 0.1) is 5.82 Å². The largest absolute Gasteiger partial charge is 0.480 e. The number of carboxylic acid groups (broad SMARTS) is 1. The Morgan fingerprint density at radius 1 is 1.08 bits per heavy atom. The molecule has 1 aliphatic rings. The van der Waals surface area contributed by atoms with Gasteiger partial charge in [-0.3, -0.25) is 10.1 Å². The molecule has 2 N–H and O–H groups in total. The Kier molecular flexibility index (Phi) is 4.38. The van der Waals surface area contributed by atoms with Gasteiger partial charge in [0.05, 0.1) is 16.2 Å². The van der Waals surface area contributed by atoms with Gasteiger partial charge in [-0.05, 0) is 24.6 Å². The van der Waals surface area contributed by atoms with E-state index in [1.807, 2.05) is 0 Å². The van der Waals surface area contributed by atoms with Gasteiger partial charge >= 0.3 is 5.97 Å². The summed E-state index contributed by atoms with van der Waals surface area (Å²) in [5.41, 5.74) is 0.158. The second kappa shape index (κ2) is 6.33. The topological polar surface area (TPSA) is 83.5 Å². The molecule has 1 fully saturated rings. The van der Waals surface area contributed by atoms with E-state index in [-0.39, 0.29) is 16.9 Å². The van der Waals surface area contributed by atoms with E-state index < -0.39 is 39.0 Å². The summed E-state index contributed by atoms with van der Waals surface area (Å²) in [6, 6.07) is 11.7. The molecule has 3 atom stereocenters. The van der Waals surface area contributed by atoms with Crippen molar-refractivity contribution in [1.82, 2.24) is 5.32 Å². The third-order valence-corrected chi connectivity index (χ3v) is 6.42. The zero-order chi connectivity index (χ0) is 17.3. The van der Waals surface area contributed by atoms with E-state index in [1.165, 1.54) is 30.3 Å². The third kappa shape index (κ3) is 2.92. The molecule has 1 saturated heterocycles. The fourth-order valence-corrected chi connectivity index (χ4v) is 4.96. The molecule has 1 heterocycles. The van der Waals surface area contributed by atoms with Crippen molar-refractivity contribution in [3.63, 3.8) is 0 Å². The van der Waals surface area contributed by atoms with Crippen molar-refractivity contribution in [3.8, 4) is 0 Å². The zero-order valence-electron chi connectivity index (χ0n) is 12.6. The molecule has 0 aliphatic carbocycles. The molecule has 0 bridgehead atoms. The normalized spacial score (nSPS) is 24.0. The van der Waals surface area contributed by atoms with Crippen LogP contribution < -0.4 is 5.32 Å². The molecule has 5 nitrogen and oxygen atoms in total. The highest BCUT2D eigenvalue weighted by Gasteiger charge is 2.46. The van der Waals surface area contributed by atoms with Crippen LogP contribution in [0.25, 0.3) is 0 Å². The summed E-state index contributed by atoms with van der Waals surface area (Å²) in [6.07, 6.45) is -0.119. The fraction of sp³-hybridized carbons (Fsp3) is 0.235. The van der Waals surface area contributed by atoms with Crippen molar-refractivity contribution >= 4 is 15.8 Å². The van der Waals surface area contributed by atoms with Gasteiger partial charge in [-0.15, -0.1) is 0 Å². The number of rotatable bonds is 4. The SMILES string of the molecule is O=C(O)C1CC(S(=O)(=O)c2ccccc2)C(c2ccccc2F)N1. The van der Waals surface area contributed by atoms with Gasteiger partial charge in [0.2, 0.25) is 0 Å². The zero-order valence-corrected chi connectivity index (χ0v) is 13.4. The van der Waals surface area contributed by atoms with Crippen LogP contribution in [0.4, 0.5) is 4.39 Å². The molecule has 0 aromatic heterocycles. The Hall–Kier alpha value is -2.25. The second-order valence-electron chi connectivity index (χ2n) is 5.69. The monoisotopic (exact) mass is 349 g/mol. The lowest BCUT2D eigenvalue weighted by Gasteiger charge is -2.20. The first-order valence-corrected chi connectivity index (χ1v) is 8.98. The van der Waals surface area contributed by atoms with E-state index >= 15 is 0 Å². The molecular weight excluding hydrogens is 333 g/mol. The van der Waals surface area contributed by atoms with Gasteiger partial charge < -0.3 is 5.11 Å². The molecule has 24 heavy (non-hydrogen) atoms. The minimum atomic E-state index is -3.81. The summed E-state index contributed by atoms with van der Waals surface area (Å²) in [5.74, 6) is -1.71. The van der Waals surface area contributed by atoms with Crippen LogP contribution in [0.1, 0.15) is 18.0 Å². The van der Waals surface area contributed by atoms with Gasteiger partial charge in [-0.2, -0.15) is 0 Å². The van der Waals surface area contributed by atoms with E-state index in [4.69, 9.17) is 0 Å². The first-order chi connectivity index (χ1) is 11.4. The van der Waals surface area contributed by atoms with Crippen LogP contribution in [0.5, 0.6) is 0 Å². The van der Waals surface area contributed by atoms with E-state index in [2.05, 4.69) is 5.32 Å². The highest BCUT2D eigenvalue weighted by molar-refractivity contribution is 7.92. The molecule has 7 heteroatoms. The predicted molar refractivity (Wildman–Crippen MR) is 85.7 cm³/mol. The number of halogens is 1. The lowest BCUT2D eigenvalue weighted by Crippen LogP contribution is -2.33. The highest BCUT2D eigenvalue weighted by atomic mass is 32.2. The summed E-state index contributed by atoms with van der Waals surface area (Å²) in [7, 11) is -3.81. The molecule has 0 amide bonds. The van der Waals surface area contributed by atoms with E-state index in [9.17, 15) is 22.7 Å². The Morgan fingerprint density at radius 3 is 2.33 bits per heavy atom. The van der Waals surface area contributed by atoms with Crippen LogP contribution in [0.15, 0.2) is 59.5 Å². The molecule has 0 saturated carbocycles. The molecule has 0 spiro atoms. The van der Waals surface area contributed by atoms with E-state index in [1.54, 1.807) is 24.3 Å². The Labute approximate surface area is 139 Å². The second-order valence-corrected chi connectivity index (χ2v) is 7.86. The number of carbonyl (C=O) groups is 1. The molecule has 2 aromatic carbocycles. The van der Waals surface area contributed by atoms with Crippen molar-refractivity contribution in [3.05, 3.63) is 66.0 Å². The maximum Gasteiger partial charge on any atom is 0.320 e. The summed E-state index contributed by atoms with van der Waals surface area (Å²) >= 11 is 0. The number of benzene rings is 2. The lowest BCUT2D eigenvalue weighted by molar-refractivity contribution is -0.139. The number of nitrogens with one attached hydrogen (secondary N) is 1. The van der Waals surface area contributed by atoms with Crippen LogP contribution >= 0.6 is 0 Å². The summed E-state index contributed by atoms with van der Waals surface area (Å²) in [6.45, 7) is 0. The molecule has 1 aliphatic heterocycles. The van der Waals surface area contributed by atoms with Crippen molar-refractivity contribution in [1.29, 1.82) is 0 Å². The van der Waals surface area contributed by atoms with Crippen LogP contribution in [-0.4, -0.2) is 30.8 Å². The minimum Gasteiger partial charge on any atom is -0.480 e. The standard InChI is InChI=1S/C17H16FNO4S/c18-13-9-5-4-8-12(13)16-15(10-14(19-16)17(20)21)24(22,23)11-6-2-1-3-7-11/h1-9,14-16,19H,10H2,(H,20,21). The Bertz CT molecular complexity index is 854. The number of carboxylic acids is 1. The molecular formula is C17H16FNO4S. The van der Waals surface area contributed by atoms with Gasteiger partial charge in [-0.25, -0.2) is 12.8 Å². The average molecular weight is 349 g/mol. The van der Waals surface area contributed by atoms with Crippen molar-refractivity contribution in [2.75, 3.05) is 0 Å². The van der Waals surface area contributed by atoms with E-state index in [0.717, 1.165) is 0 Å². The van der Waals surface area contributed by atoms with Gasteiger partial charge in [-0.1, -0.05) is 36.4 Å². The minimum absolute atomic E-state index is 0.101. The van der Waals surface area contributed by atoms with Gasteiger partial charge in [0.25, 0.3) is 0 Å². The van der Waals surface area contributed by atoms with Gasteiger partial charge in [0, 0.05) is 5.56 Å². The first kappa shape index (κ1) is 16.6. The average Bonchev–Trinajstić information content (AvgIpc) is 3.02. The number of aliphatic carboxylic acids is 1. The molecule has 3 rings (SSSR count). The predicted octanol–water partition coefficient (Wildman–Crippen LogP) is 2.16. The van der Waals surface area contributed by atoms with E-state index in [0.29, 0.717) is 0 Å². The Balaban J connectivity index is 2.06. The Morgan fingerprint density at radius 2 is 1.71 bits per heavy atom. The summed E-state index contributed by atoms with van der Waals surface area (Å²) in [4.78, 5) is 11.4. The van der Waals surface area contributed by atoms with Gasteiger partial charge in [0.1, 0.15) is 11.9 Å². The van der Waals surface area contributed by atoms with Crippen molar-refractivity contribution in [2.45, 2.75) is 28.6 Å². The molecule has 0 radical (unpaired) electrons. The summed E-state index contributed by atoms with van der Waals surface area (Å²) < 4.78 is 40.0. The molecule has 2 aromatic rings. The maximum atomic E-state index is 14.2. The molecule has 3 unspecified atom stereocenters.